The van der Waals surface area contributed by atoms with E-state index in [1.54, 1.807) is 0 Å². The summed E-state index contributed by atoms with van der Waals surface area (Å²) in [6, 6.07) is 5.58. The van der Waals surface area contributed by atoms with Gasteiger partial charge in [0, 0.05) is 12.3 Å². The maximum Gasteiger partial charge on any atom is 0.273 e. The van der Waals surface area contributed by atoms with Gasteiger partial charge < -0.3 is 15.7 Å². The van der Waals surface area contributed by atoms with Crippen LogP contribution >= 0.6 is 15.9 Å². The number of nitrogens with two attached hydrogens (primary N) is 1. The predicted molar refractivity (Wildman–Crippen MR) is 77.6 cm³/mol. The Balaban J connectivity index is 2.43. The Hall–Kier alpha value is -2.68. The number of pyridine rings is 1. The van der Waals surface area contributed by atoms with Crippen molar-refractivity contribution in [1.82, 2.24) is 4.98 Å². The van der Waals surface area contributed by atoms with Gasteiger partial charge in [0.1, 0.15) is 5.75 Å². The Bertz CT molecular complexity index is 720. The average molecular weight is 353 g/mol. The first kappa shape index (κ1) is 14.7. The molecular formula is C12H9BrN4O4. The lowest BCUT2D eigenvalue weighted by Gasteiger charge is -2.10. The van der Waals surface area contributed by atoms with Crippen LogP contribution in [0.25, 0.3) is 0 Å². The number of nitrogens with zero attached hydrogens (tertiary/aromatic N) is 3. The van der Waals surface area contributed by atoms with E-state index < -0.39 is 4.92 Å². The molecule has 0 unspecified atom stereocenters. The third-order valence-corrected chi connectivity index (χ3v) is 3.17. The summed E-state index contributed by atoms with van der Waals surface area (Å²) < 4.78 is 6.08. The standard InChI is InChI=1S/C12H9BrN4O4/c13-9-2-1-7(17(19)20)5-10(9)21-11-6-15-4-3-8(11)12(14)16-18/h1-6,18H,(H2,14,16). The number of aromatic nitrogens is 1. The molecule has 9 heteroatoms. The molecule has 0 saturated carbocycles. The van der Waals surface area contributed by atoms with Crippen LogP contribution in [0.15, 0.2) is 46.3 Å². The molecule has 108 valence electrons. The van der Waals surface area contributed by atoms with Crippen molar-refractivity contribution in [3.8, 4) is 11.5 Å². The lowest BCUT2D eigenvalue weighted by atomic mass is 10.2. The van der Waals surface area contributed by atoms with E-state index in [1.165, 1.54) is 36.7 Å². The molecule has 0 amide bonds. The van der Waals surface area contributed by atoms with Gasteiger partial charge in [-0.25, -0.2) is 0 Å². The van der Waals surface area contributed by atoms with Gasteiger partial charge in [-0.2, -0.15) is 0 Å². The normalized spacial score (nSPS) is 11.2. The third kappa shape index (κ3) is 3.26. The van der Waals surface area contributed by atoms with Crippen molar-refractivity contribution in [3.05, 3.63) is 56.8 Å². The molecular weight excluding hydrogens is 344 g/mol. The van der Waals surface area contributed by atoms with Crippen LogP contribution in [0.5, 0.6) is 11.5 Å². The molecule has 0 spiro atoms. The van der Waals surface area contributed by atoms with Crippen molar-refractivity contribution >= 4 is 27.5 Å². The topological polar surface area (TPSA) is 124 Å². The molecule has 1 aromatic carbocycles. The molecule has 0 aliphatic rings. The Morgan fingerprint density at radius 1 is 1.43 bits per heavy atom. The third-order valence-electron chi connectivity index (χ3n) is 2.51. The zero-order valence-corrected chi connectivity index (χ0v) is 12.0. The van der Waals surface area contributed by atoms with Gasteiger partial charge >= 0.3 is 0 Å². The minimum atomic E-state index is -0.535. The summed E-state index contributed by atoms with van der Waals surface area (Å²) in [5, 5.41) is 22.4. The molecule has 1 heterocycles. The molecule has 0 atom stereocenters. The highest BCUT2D eigenvalue weighted by Crippen LogP contribution is 2.33. The van der Waals surface area contributed by atoms with Gasteiger partial charge in [0.25, 0.3) is 5.69 Å². The second-order valence-electron chi connectivity index (χ2n) is 3.83. The number of nitro benzene ring substituents is 1. The van der Waals surface area contributed by atoms with E-state index in [9.17, 15) is 10.1 Å². The first-order chi connectivity index (χ1) is 10.0. The first-order valence-corrected chi connectivity index (χ1v) is 6.36. The van der Waals surface area contributed by atoms with Crippen molar-refractivity contribution in [1.29, 1.82) is 0 Å². The van der Waals surface area contributed by atoms with Crippen LogP contribution in [-0.4, -0.2) is 21.0 Å². The number of nitro groups is 1. The van der Waals surface area contributed by atoms with E-state index in [-0.39, 0.29) is 23.0 Å². The maximum atomic E-state index is 10.8. The Morgan fingerprint density at radius 3 is 2.86 bits per heavy atom. The molecule has 2 aromatic rings. The number of non-ortho nitro benzene ring substituents is 1. The number of oxime groups is 1. The summed E-state index contributed by atoms with van der Waals surface area (Å²) in [4.78, 5) is 14.1. The number of benzene rings is 1. The fourth-order valence-electron chi connectivity index (χ4n) is 1.53. The molecule has 1 aromatic heterocycles. The van der Waals surface area contributed by atoms with Crippen LogP contribution in [0, 0.1) is 10.1 Å². The summed E-state index contributed by atoms with van der Waals surface area (Å²) in [6.07, 6.45) is 2.81. The van der Waals surface area contributed by atoms with Gasteiger partial charge in [-0.3, -0.25) is 15.1 Å². The maximum absolute atomic E-state index is 10.8. The second-order valence-corrected chi connectivity index (χ2v) is 4.69. The summed E-state index contributed by atoms with van der Waals surface area (Å²) >= 11 is 3.24. The number of hydrogen-bond acceptors (Lipinski definition) is 6. The number of rotatable bonds is 4. The Labute approximate surface area is 127 Å². The van der Waals surface area contributed by atoms with Gasteiger partial charge in [-0.1, -0.05) is 5.16 Å². The second kappa shape index (κ2) is 6.18. The fourth-order valence-corrected chi connectivity index (χ4v) is 1.86. The van der Waals surface area contributed by atoms with E-state index in [0.29, 0.717) is 10.0 Å². The fraction of sp³-hybridized carbons (Fsp3) is 0. The van der Waals surface area contributed by atoms with Gasteiger partial charge in [0.2, 0.25) is 0 Å². The average Bonchev–Trinajstić information content (AvgIpc) is 2.49. The summed E-state index contributed by atoms with van der Waals surface area (Å²) in [6.45, 7) is 0. The number of halogens is 1. The van der Waals surface area contributed by atoms with Crippen molar-refractivity contribution in [3.63, 3.8) is 0 Å². The highest BCUT2D eigenvalue weighted by Gasteiger charge is 2.14. The molecule has 21 heavy (non-hydrogen) atoms. The van der Waals surface area contributed by atoms with Crippen LogP contribution < -0.4 is 10.5 Å². The van der Waals surface area contributed by atoms with E-state index >= 15 is 0 Å². The largest absolute Gasteiger partial charge is 0.454 e. The van der Waals surface area contributed by atoms with Crippen LogP contribution in [0.4, 0.5) is 5.69 Å². The Kier molecular flexibility index (Phi) is 4.33. The van der Waals surface area contributed by atoms with Crippen molar-refractivity contribution < 1.29 is 14.9 Å². The zero-order chi connectivity index (χ0) is 15.4. The lowest BCUT2D eigenvalue weighted by molar-refractivity contribution is -0.384. The molecule has 8 nitrogen and oxygen atoms in total. The van der Waals surface area contributed by atoms with Crippen LogP contribution in [0.1, 0.15) is 5.56 Å². The molecule has 0 radical (unpaired) electrons. The number of ether oxygens (including phenoxy) is 1. The van der Waals surface area contributed by atoms with E-state index in [0.717, 1.165) is 0 Å². The van der Waals surface area contributed by atoms with Crippen molar-refractivity contribution in [2.24, 2.45) is 10.9 Å². The summed E-state index contributed by atoms with van der Waals surface area (Å²) in [5.41, 5.74) is 5.73. The number of amidine groups is 1. The SMILES string of the molecule is N/C(=N/O)c1ccncc1Oc1cc([N+](=O)[O-])ccc1Br. The Morgan fingerprint density at radius 2 is 2.19 bits per heavy atom. The highest BCUT2D eigenvalue weighted by atomic mass is 79.9. The monoisotopic (exact) mass is 352 g/mol. The molecule has 0 aliphatic heterocycles. The van der Waals surface area contributed by atoms with Crippen molar-refractivity contribution in [2.45, 2.75) is 0 Å². The van der Waals surface area contributed by atoms with Gasteiger partial charge in [-0.15, -0.1) is 0 Å². The highest BCUT2D eigenvalue weighted by molar-refractivity contribution is 9.10. The van der Waals surface area contributed by atoms with E-state index in [2.05, 4.69) is 26.1 Å². The molecule has 2 rings (SSSR count). The lowest BCUT2D eigenvalue weighted by Crippen LogP contribution is -2.14. The molecule has 0 saturated heterocycles. The first-order valence-electron chi connectivity index (χ1n) is 5.56. The van der Waals surface area contributed by atoms with Crippen LogP contribution in [-0.2, 0) is 0 Å². The smallest absolute Gasteiger partial charge is 0.273 e. The van der Waals surface area contributed by atoms with Gasteiger partial charge in [0.15, 0.2) is 11.6 Å². The molecule has 0 aliphatic carbocycles. The predicted octanol–water partition coefficient (Wildman–Crippen LogP) is 2.64. The zero-order valence-electron chi connectivity index (χ0n) is 10.4. The van der Waals surface area contributed by atoms with E-state index in [1.807, 2.05) is 0 Å². The van der Waals surface area contributed by atoms with Crippen LogP contribution in [0.2, 0.25) is 0 Å². The van der Waals surface area contributed by atoms with E-state index in [4.69, 9.17) is 15.7 Å². The minimum absolute atomic E-state index is 0.123. The summed E-state index contributed by atoms with van der Waals surface area (Å²) in [7, 11) is 0. The minimum Gasteiger partial charge on any atom is -0.454 e. The number of hydrogen-bond donors (Lipinski definition) is 2. The van der Waals surface area contributed by atoms with Crippen LogP contribution in [0.3, 0.4) is 0 Å². The van der Waals surface area contributed by atoms with Gasteiger partial charge in [-0.05, 0) is 28.1 Å². The summed E-state index contributed by atoms with van der Waals surface area (Å²) in [5.74, 6) is 0.257. The quantitative estimate of drug-likeness (QED) is 0.286. The van der Waals surface area contributed by atoms with Crippen molar-refractivity contribution in [2.75, 3.05) is 0 Å². The molecule has 0 fully saturated rings. The molecule has 0 bridgehead atoms. The van der Waals surface area contributed by atoms with Gasteiger partial charge in [0.05, 0.1) is 27.2 Å². The molecule has 3 N–H and O–H groups in total.